The summed E-state index contributed by atoms with van der Waals surface area (Å²) >= 11 is 11.9. The summed E-state index contributed by atoms with van der Waals surface area (Å²) in [5, 5.41) is 0.232. The number of hydrogen-bond donors (Lipinski definition) is 1. The Bertz CT molecular complexity index is 878. The third-order valence-corrected chi connectivity index (χ3v) is 5.75. The van der Waals surface area contributed by atoms with Crippen molar-refractivity contribution in [2.45, 2.75) is 18.7 Å². The topological polar surface area (TPSA) is 80.5 Å². The molecule has 0 heterocycles. The highest BCUT2D eigenvalue weighted by Crippen LogP contribution is 2.31. The van der Waals surface area contributed by atoms with Crippen LogP contribution in [0.1, 0.15) is 11.1 Å². The zero-order valence-corrected chi connectivity index (χ0v) is 15.4. The van der Waals surface area contributed by atoms with Crippen LogP contribution in [-0.2, 0) is 14.8 Å². The Kier molecular flexibility index (Phi) is 5.42. The van der Waals surface area contributed by atoms with Crippen molar-refractivity contribution >= 4 is 44.8 Å². The summed E-state index contributed by atoms with van der Waals surface area (Å²) in [6.07, 6.45) is 0. The molecule has 0 radical (unpaired) electrons. The molecule has 2 aromatic rings. The van der Waals surface area contributed by atoms with E-state index in [9.17, 15) is 13.2 Å². The van der Waals surface area contributed by atoms with Crippen molar-refractivity contribution in [2.75, 3.05) is 10.8 Å². The molecule has 24 heavy (non-hydrogen) atoms. The van der Waals surface area contributed by atoms with Crippen LogP contribution in [0.3, 0.4) is 0 Å². The Hall–Kier alpha value is -1.76. The lowest BCUT2D eigenvalue weighted by Gasteiger charge is -2.24. The normalized spacial score (nSPS) is 11.3. The molecular formula is C16H16Cl2N2O3S. The second-order valence-electron chi connectivity index (χ2n) is 5.40. The summed E-state index contributed by atoms with van der Waals surface area (Å²) in [7, 11) is -4.12. The summed E-state index contributed by atoms with van der Waals surface area (Å²) < 4.78 is 27.0. The summed E-state index contributed by atoms with van der Waals surface area (Å²) in [5.41, 5.74) is 7.29. The Morgan fingerprint density at radius 2 is 1.67 bits per heavy atom. The molecule has 0 atom stereocenters. The number of hydrogen-bond acceptors (Lipinski definition) is 3. The van der Waals surface area contributed by atoms with E-state index in [1.54, 1.807) is 12.1 Å². The number of amides is 1. The molecule has 0 aliphatic heterocycles. The molecule has 5 nitrogen and oxygen atoms in total. The highest BCUT2D eigenvalue weighted by Gasteiger charge is 2.29. The molecule has 0 aliphatic carbocycles. The average Bonchev–Trinajstić information content (AvgIpc) is 2.45. The fourth-order valence-electron chi connectivity index (χ4n) is 2.34. The Labute approximate surface area is 151 Å². The van der Waals surface area contributed by atoms with Gasteiger partial charge < -0.3 is 5.73 Å². The van der Waals surface area contributed by atoms with Gasteiger partial charge in [0, 0.05) is 5.02 Å². The van der Waals surface area contributed by atoms with E-state index in [1.807, 2.05) is 19.9 Å². The van der Waals surface area contributed by atoms with Gasteiger partial charge in [-0.05, 0) is 55.3 Å². The van der Waals surface area contributed by atoms with Crippen LogP contribution in [0.25, 0.3) is 0 Å². The standard InChI is InChI=1S/C16H16Cl2N2O3S/c1-10-5-11(2)7-13(6-10)20(9-16(19)21)24(22,23)15-8-12(17)3-4-14(15)18/h3-8H,9H2,1-2H3,(H2,19,21). The molecule has 2 aromatic carbocycles. The molecule has 0 bridgehead atoms. The van der Waals surface area contributed by atoms with Gasteiger partial charge >= 0.3 is 0 Å². The Balaban J connectivity index is 2.66. The Morgan fingerprint density at radius 3 is 2.21 bits per heavy atom. The number of rotatable bonds is 5. The van der Waals surface area contributed by atoms with Gasteiger partial charge in [-0.15, -0.1) is 0 Å². The largest absolute Gasteiger partial charge is 0.368 e. The smallest absolute Gasteiger partial charge is 0.266 e. The number of carbonyl (C=O) groups excluding carboxylic acids is 1. The second kappa shape index (κ2) is 7.01. The van der Waals surface area contributed by atoms with Crippen LogP contribution in [0, 0.1) is 13.8 Å². The van der Waals surface area contributed by atoms with E-state index in [1.165, 1.54) is 18.2 Å². The lowest BCUT2D eigenvalue weighted by molar-refractivity contribution is -0.116. The second-order valence-corrected chi connectivity index (χ2v) is 8.07. The van der Waals surface area contributed by atoms with Crippen LogP contribution in [-0.4, -0.2) is 20.9 Å². The molecule has 0 unspecified atom stereocenters. The van der Waals surface area contributed by atoms with Crippen molar-refractivity contribution in [1.29, 1.82) is 0 Å². The number of nitrogens with two attached hydrogens (primary N) is 1. The maximum absolute atomic E-state index is 13.0. The number of anilines is 1. The minimum Gasteiger partial charge on any atom is -0.368 e. The minimum atomic E-state index is -4.12. The molecule has 0 fully saturated rings. The van der Waals surface area contributed by atoms with Crippen LogP contribution >= 0.6 is 23.2 Å². The first kappa shape index (κ1) is 18.6. The molecule has 0 aromatic heterocycles. The van der Waals surface area contributed by atoms with E-state index in [0.717, 1.165) is 15.4 Å². The zero-order valence-electron chi connectivity index (χ0n) is 13.1. The van der Waals surface area contributed by atoms with Crippen molar-refractivity contribution in [1.82, 2.24) is 0 Å². The van der Waals surface area contributed by atoms with Crippen molar-refractivity contribution in [3.05, 3.63) is 57.6 Å². The number of nitrogens with zero attached hydrogens (tertiary/aromatic N) is 1. The molecule has 0 saturated carbocycles. The third kappa shape index (κ3) is 4.01. The molecule has 0 spiro atoms. The lowest BCUT2D eigenvalue weighted by Crippen LogP contribution is -2.38. The molecule has 8 heteroatoms. The predicted molar refractivity (Wildman–Crippen MR) is 96.1 cm³/mol. The van der Waals surface area contributed by atoms with Gasteiger partial charge in [0.1, 0.15) is 11.4 Å². The van der Waals surface area contributed by atoms with Crippen molar-refractivity contribution in [2.24, 2.45) is 5.73 Å². The summed E-state index contributed by atoms with van der Waals surface area (Å²) in [6.45, 7) is 3.16. The molecule has 2 N–H and O–H groups in total. The van der Waals surface area contributed by atoms with E-state index in [4.69, 9.17) is 28.9 Å². The number of primary amides is 1. The van der Waals surface area contributed by atoms with E-state index in [0.29, 0.717) is 5.69 Å². The minimum absolute atomic E-state index is 0.0123. The van der Waals surface area contributed by atoms with Crippen molar-refractivity contribution < 1.29 is 13.2 Å². The van der Waals surface area contributed by atoms with E-state index >= 15 is 0 Å². The van der Waals surface area contributed by atoms with E-state index < -0.39 is 22.5 Å². The number of carbonyl (C=O) groups is 1. The maximum atomic E-state index is 13.0. The van der Waals surface area contributed by atoms with E-state index in [2.05, 4.69) is 0 Å². The van der Waals surface area contributed by atoms with Crippen molar-refractivity contribution in [3.8, 4) is 0 Å². The SMILES string of the molecule is Cc1cc(C)cc(N(CC(N)=O)S(=O)(=O)c2cc(Cl)ccc2Cl)c1. The molecule has 0 saturated heterocycles. The van der Waals surface area contributed by atoms with Crippen LogP contribution in [0.2, 0.25) is 10.0 Å². The fourth-order valence-corrected chi connectivity index (χ4v) is 4.50. The summed E-state index contributed by atoms with van der Waals surface area (Å²) in [4.78, 5) is 11.3. The number of aryl methyl sites for hydroxylation is 2. The summed E-state index contributed by atoms with van der Waals surface area (Å²) in [5.74, 6) is -0.782. The van der Waals surface area contributed by atoms with Crippen LogP contribution in [0.5, 0.6) is 0 Å². The molecular weight excluding hydrogens is 371 g/mol. The maximum Gasteiger partial charge on any atom is 0.266 e. The van der Waals surface area contributed by atoms with Gasteiger partial charge in [-0.1, -0.05) is 29.3 Å². The van der Waals surface area contributed by atoms with Gasteiger partial charge in [0.25, 0.3) is 10.0 Å². The average molecular weight is 387 g/mol. The predicted octanol–water partition coefficient (Wildman–Crippen LogP) is 3.29. The van der Waals surface area contributed by atoms with Gasteiger partial charge in [-0.2, -0.15) is 0 Å². The van der Waals surface area contributed by atoms with Gasteiger partial charge in [0.15, 0.2) is 0 Å². The summed E-state index contributed by atoms with van der Waals surface area (Å²) in [6, 6.07) is 9.33. The highest BCUT2D eigenvalue weighted by atomic mass is 35.5. The zero-order chi connectivity index (χ0) is 18.1. The molecule has 0 aliphatic rings. The third-order valence-electron chi connectivity index (χ3n) is 3.26. The van der Waals surface area contributed by atoms with Crippen LogP contribution < -0.4 is 10.0 Å². The molecule has 128 valence electrons. The van der Waals surface area contributed by atoms with Gasteiger partial charge in [-0.3, -0.25) is 9.10 Å². The van der Waals surface area contributed by atoms with Gasteiger partial charge in [-0.25, -0.2) is 8.42 Å². The Morgan fingerprint density at radius 1 is 1.08 bits per heavy atom. The van der Waals surface area contributed by atoms with Crippen LogP contribution in [0.15, 0.2) is 41.3 Å². The molecule has 2 rings (SSSR count). The quantitative estimate of drug-likeness (QED) is 0.855. The van der Waals surface area contributed by atoms with E-state index in [-0.39, 0.29) is 14.9 Å². The monoisotopic (exact) mass is 386 g/mol. The molecule has 1 amide bonds. The fraction of sp³-hybridized carbons (Fsp3) is 0.188. The first-order chi connectivity index (χ1) is 11.1. The number of halogens is 2. The lowest BCUT2D eigenvalue weighted by atomic mass is 10.1. The van der Waals surface area contributed by atoms with Gasteiger partial charge in [0.05, 0.1) is 10.7 Å². The van der Waals surface area contributed by atoms with Crippen LogP contribution in [0.4, 0.5) is 5.69 Å². The number of sulfonamides is 1. The van der Waals surface area contributed by atoms with Crippen molar-refractivity contribution in [3.63, 3.8) is 0 Å². The number of benzene rings is 2. The van der Waals surface area contributed by atoms with Gasteiger partial charge in [0.2, 0.25) is 5.91 Å². The highest BCUT2D eigenvalue weighted by molar-refractivity contribution is 7.93. The first-order valence-electron chi connectivity index (χ1n) is 6.95. The first-order valence-corrected chi connectivity index (χ1v) is 9.15.